The maximum atomic E-state index is 13.0. The van der Waals surface area contributed by atoms with E-state index in [-0.39, 0.29) is 10.8 Å². The van der Waals surface area contributed by atoms with E-state index in [0.29, 0.717) is 0 Å². The van der Waals surface area contributed by atoms with Crippen molar-refractivity contribution >= 4 is 11.6 Å². The van der Waals surface area contributed by atoms with E-state index in [2.05, 4.69) is 10.2 Å². The average molecular weight is 257 g/mol. The Morgan fingerprint density at radius 1 is 1.53 bits per heavy atom. The van der Waals surface area contributed by atoms with Gasteiger partial charge in [-0.1, -0.05) is 17.7 Å². The van der Waals surface area contributed by atoms with E-state index in [4.69, 9.17) is 11.6 Å². The van der Waals surface area contributed by atoms with Crippen LogP contribution in [0.2, 0.25) is 5.02 Å². The molecule has 1 N–H and O–H groups in total. The van der Waals surface area contributed by atoms with Crippen molar-refractivity contribution in [3.63, 3.8) is 0 Å². The van der Waals surface area contributed by atoms with Crippen molar-refractivity contribution in [1.29, 1.82) is 0 Å². The van der Waals surface area contributed by atoms with Crippen LogP contribution in [-0.4, -0.2) is 31.6 Å². The molecule has 1 aromatic carbocycles. The van der Waals surface area contributed by atoms with E-state index in [1.54, 1.807) is 6.07 Å². The number of rotatable bonds is 4. The van der Waals surface area contributed by atoms with E-state index in [0.717, 1.165) is 37.7 Å². The lowest BCUT2D eigenvalue weighted by Crippen LogP contribution is -2.24. The number of nitrogens with zero attached hydrogens (tertiary/aromatic N) is 1. The highest BCUT2D eigenvalue weighted by Gasteiger charge is 2.21. The predicted molar refractivity (Wildman–Crippen MR) is 68.7 cm³/mol. The average Bonchev–Trinajstić information content (AvgIpc) is 2.72. The van der Waals surface area contributed by atoms with Gasteiger partial charge in [0.2, 0.25) is 0 Å². The summed E-state index contributed by atoms with van der Waals surface area (Å²) < 4.78 is 13.0. The zero-order chi connectivity index (χ0) is 12.3. The molecule has 1 fully saturated rings. The highest BCUT2D eigenvalue weighted by Crippen LogP contribution is 2.21. The maximum Gasteiger partial charge on any atom is 0.141 e. The van der Waals surface area contributed by atoms with E-state index >= 15 is 0 Å². The lowest BCUT2D eigenvalue weighted by Gasteiger charge is -2.16. The maximum absolute atomic E-state index is 13.0. The number of benzene rings is 1. The minimum atomic E-state index is -0.343. The van der Waals surface area contributed by atoms with Crippen molar-refractivity contribution in [2.75, 3.05) is 26.7 Å². The van der Waals surface area contributed by atoms with Crippen molar-refractivity contribution in [3.05, 3.63) is 34.6 Å². The van der Waals surface area contributed by atoms with Crippen molar-refractivity contribution in [2.45, 2.75) is 13.0 Å². The zero-order valence-corrected chi connectivity index (χ0v) is 10.8. The monoisotopic (exact) mass is 256 g/mol. The smallest absolute Gasteiger partial charge is 0.141 e. The molecule has 1 atom stereocenters. The third-order valence-corrected chi connectivity index (χ3v) is 3.54. The molecule has 0 spiro atoms. The van der Waals surface area contributed by atoms with Gasteiger partial charge >= 0.3 is 0 Å². The van der Waals surface area contributed by atoms with Gasteiger partial charge < -0.3 is 5.32 Å². The van der Waals surface area contributed by atoms with Crippen LogP contribution >= 0.6 is 11.6 Å². The van der Waals surface area contributed by atoms with E-state index in [1.165, 1.54) is 12.5 Å². The first-order chi connectivity index (χ1) is 8.19. The topological polar surface area (TPSA) is 15.3 Å². The Morgan fingerprint density at radius 3 is 3.06 bits per heavy atom. The normalized spacial score (nSPS) is 21.0. The fraction of sp³-hybridized carbons (Fsp3) is 0.538. The first kappa shape index (κ1) is 12.8. The summed E-state index contributed by atoms with van der Waals surface area (Å²) in [6, 6.07) is 4.98. The summed E-state index contributed by atoms with van der Waals surface area (Å²) in [5.41, 5.74) is 1.08. The van der Waals surface area contributed by atoms with Gasteiger partial charge in [0.25, 0.3) is 0 Å². The summed E-state index contributed by atoms with van der Waals surface area (Å²) >= 11 is 5.77. The summed E-state index contributed by atoms with van der Waals surface area (Å²) in [5.74, 6) is 0.390. The van der Waals surface area contributed by atoms with Gasteiger partial charge in [-0.15, -0.1) is 0 Å². The summed E-state index contributed by atoms with van der Waals surface area (Å²) in [5, 5.41) is 3.43. The Kier molecular flexibility index (Phi) is 4.37. The number of nitrogens with one attached hydrogen (secondary N) is 1. The van der Waals surface area contributed by atoms with Gasteiger partial charge in [-0.05, 0) is 50.2 Å². The fourth-order valence-electron chi connectivity index (χ4n) is 2.41. The summed E-state index contributed by atoms with van der Waals surface area (Å²) in [6.45, 7) is 4.15. The molecular formula is C13H18ClFN2. The van der Waals surface area contributed by atoms with Gasteiger partial charge in [0.1, 0.15) is 5.82 Å². The number of halogens is 2. The summed E-state index contributed by atoms with van der Waals surface area (Å²) in [6.07, 6.45) is 1.23. The van der Waals surface area contributed by atoms with Crippen LogP contribution in [0, 0.1) is 11.7 Å². The molecular weight excluding hydrogens is 239 g/mol. The zero-order valence-electron chi connectivity index (χ0n) is 10.0. The second-order valence-electron chi connectivity index (χ2n) is 4.70. The SMILES string of the molecule is CNCC1CCN(Cc2ccc(F)c(Cl)c2)C1. The van der Waals surface area contributed by atoms with Gasteiger partial charge in [0.05, 0.1) is 5.02 Å². The van der Waals surface area contributed by atoms with Crippen LogP contribution in [0.1, 0.15) is 12.0 Å². The molecule has 1 aliphatic rings. The Balaban J connectivity index is 1.91. The second-order valence-corrected chi connectivity index (χ2v) is 5.10. The van der Waals surface area contributed by atoms with Gasteiger partial charge in [-0.2, -0.15) is 0 Å². The molecule has 1 saturated heterocycles. The molecule has 1 aromatic rings. The van der Waals surface area contributed by atoms with Gasteiger partial charge in [-0.25, -0.2) is 4.39 Å². The largest absolute Gasteiger partial charge is 0.319 e. The van der Waals surface area contributed by atoms with Crippen LogP contribution in [0.3, 0.4) is 0 Å². The molecule has 0 aliphatic carbocycles. The summed E-state index contributed by atoms with van der Waals surface area (Å²) in [4.78, 5) is 2.39. The molecule has 17 heavy (non-hydrogen) atoms. The first-order valence-corrected chi connectivity index (χ1v) is 6.37. The lowest BCUT2D eigenvalue weighted by molar-refractivity contribution is 0.315. The number of hydrogen-bond donors (Lipinski definition) is 1. The standard InChI is InChI=1S/C13H18ClFN2/c1-16-7-11-4-5-17(9-11)8-10-2-3-13(15)12(14)6-10/h2-3,6,11,16H,4-5,7-9H2,1H3. The predicted octanol–water partition coefficient (Wildman–Crippen LogP) is 2.52. The van der Waals surface area contributed by atoms with E-state index in [9.17, 15) is 4.39 Å². The van der Waals surface area contributed by atoms with Crippen LogP contribution in [0.4, 0.5) is 4.39 Å². The fourth-order valence-corrected chi connectivity index (χ4v) is 2.61. The molecule has 1 heterocycles. The quantitative estimate of drug-likeness (QED) is 0.891. The number of likely N-dealkylation sites (tertiary alicyclic amines) is 1. The molecule has 94 valence electrons. The van der Waals surface area contributed by atoms with Gasteiger partial charge in [0.15, 0.2) is 0 Å². The molecule has 0 radical (unpaired) electrons. The molecule has 2 nitrogen and oxygen atoms in total. The Bertz CT molecular complexity index is 384. The van der Waals surface area contributed by atoms with E-state index < -0.39 is 0 Å². The van der Waals surface area contributed by atoms with Crippen LogP contribution in [0.25, 0.3) is 0 Å². The third-order valence-electron chi connectivity index (χ3n) is 3.25. The Labute approximate surface area is 107 Å². The summed E-state index contributed by atoms with van der Waals surface area (Å²) in [7, 11) is 1.99. The number of hydrogen-bond acceptors (Lipinski definition) is 2. The van der Waals surface area contributed by atoms with Crippen LogP contribution in [0.5, 0.6) is 0 Å². The Hall–Kier alpha value is -0.640. The van der Waals surface area contributed by atoms with Crippen molar-refractivity contribution in [1.82, 2.24) is 10.2 Å². The Morgan fingerprint density at radius 2 is 2.35 bits per heavy atom. The third kappa shape index (κ3) is 3.41. The molecule has 4 heteroatoms. The first-order valence-electron chi connectivity index (χ1n) is 6.00. The molecule has 2 rings (SSSR count). The van der Waals surface area contributed by atoms with Gasteiger partial charge in [-0.3, -0.25) is 4.90 Å². The minimum Gasteiger partial charge on any atom is -0.319 e. The van der Waals surface area contributed by atoms with Gasteiger partial charge in [0, 0.05) is 13.1 Å². The minimum absolute atomic E-state index is 0.216. The second kappa shape index (κ2) is 5.80. The molecule has 1 aliphatic heterocycles. The molecule has 0 amide bonds. The van der Waals surface area contributed by atoms with Crippen LogP contribution in [-0.2, 0) is 6.54 Å². The highest BCUT2D eigenvalue weighted by molar-refractivity contribution is 6.30. The highest BCUT2D eigenvalue weighted by atomic mass is 35.5. The molecule has 1 unspecified atom stereocenters. The van der Waals surface area contributed by atoms with E-state index in [1.807, 2.05) is 13.1 Å². The van der Waals surface area contributed by atoms with Crippen molar-refractivity contribution < 1.29 is 4.39 Å². The van der Waals surface area contributed by atoms with Crippen molar-refractivity contribution in [2.24, 2.45) is 5.92 Å². The molecule has 0 aromatic heterocycles. The van der Waals surface area contributed by atoms with Crippen LogP contribution < -0.4 is 5.32 Å². The molecule has 0 bridgehead atoms. The van der Waals surface area contributed by atoms with Crippen LogP contribution in [0.15, 0.2) is 18.2 Å². The molecule has 0 saturated carbocycles. The lowest BCUT2D eigenvalue weighted by atomic mass is 10.1. The van der Waals surface area contributed by atoms with Crippen molar-refractivity contribution in [3.8, 4) is 0 Å².